The van der Waals surface area contributed by atoms with Gasteiger partial charge in [0, 0.05) is 14.9 Å². The average molecular weight is 271 g/mol. The molecule has 0 atom stereocenters. The lowest BCUT2D eigenvalue weighted by atomic mass is 10.2. The summed E-state index contributed by atoms with van der Waals surface area (Å²) in [5.74, 6) is 0.242. The lowest BCUT2D eigenvalue weighted by Crippen LogP contribution is -1.82. The Balaban J connectivity index is 3.24. The SMILES string of the molecule is C=Cc1c(Br)cc(O)cc1SC(=C)C. The topological polar surface area (TPSA) is 20.2 Å². The summed E-state index contributed by atoms with van der Waals surface area (Å²) >= 11 is 4.90. The van der Waals surface area contributed by atoms with Gasteiger partial charge in [-0.05, 0) is 39.9 Å². The number of benzene rings is 1. The molecule has 0 unspecified atom stereocenters. The van der Waals surface area contributed by atoms with E-state index in [1.165, 1.54) is 11.8 Å². The summed E-state index contributed by atoms with van der Waals surface area (Å²) < 4.78 is 0.844. The summed E-state index contributed by atoms with van der Waals surface area (Å²) in [5.41, 5.74) is 0.982. The highest BCUT2D eigenvalue weighted by atomic mass is 79.9. The monoisotopic (exact) mass is 270 g/mol. The second kappa shape index (κ2) is 4.71. The Labute approximate surface area is 96.7 Å². The van der Waals surface area contributed by atoms with Crippen molar-refractivity contribution in [3.8, 4) is 5.75 Å². The quantitative estimate of drug-likeness (QED) is 0.821. The summed E-state index contributed by atoms with van der Waals surface area (Å²) in [4.78, 5) is 1.94. The van der Waals surface area contributed by atoms with E-state index in [2.05, 4.69) is 29.1 Å². The number of phenols is 1. The normalized spacial score (nSPS) is 9.86. The fraction of sp³-hybridized carbons (Fsp3) is 0.0909. The molecular weight excluding hydrogens is 260 g/mol. The number of hydrogen-bond donors (Lipinski definition) is 1. The first-order chi connectivity index (χ1) is 6.54. The summed E-state index contributed by atoms with van der Waals surface area (Å²) in [6.07, 6.45) is 1.76. The van der Waals surface area contributed by atoms with Crippen LogP contribution in [0.3, 0.4) is 0 Å². The Morgan fingerprint density at radius 1 is 1.57 bits per heavy atom. The van der Waals surface area contributed by atoms with E-state index in [1.54, 1.807) is 18.2 Å². The zero-order valence-electron chi connectivity index (χ0n) is 7.88. The van der Waals surface area contributed by atoms with Crippen LogP contribution in [0.4, 0.5) is 0 Å². The zero-order valence-corrected chi connectivity index (χ0v) is 10.3. The standard InChI is InChI=1S/C11H11BrOS/c1-4-9-10(12)5-8(13)6-11(9)14-7(2)3/h4-6,13H,1-2H2,3H3. The van der Waals surface area contributed by atoms with Crippen LogP contribution in [0, 0.1) is 0 Å². The lowest BCUT2D eigenvalue weighted by Gasteiger charge is -2.08. The van der Waals surface area contributed by atoms with Crippen molar-refractivity contribution < 1.29 is 5.11 Å². The van der Waals surface area contributed by atoms with Crippen molar-refractivity contribution >= 4 is 33.8 Å². The van der Waals surface area contributed by atoms with Crippen LogP contribution in [0.15, 0.2) is 39.6 Å². The minimum absolute atomic E-state index is 0.242. The molecule has 0 spiro atoms. The maximum atomic E-state index is 9.42. The number of hydrogen-bond acceptors (Lipinski definition) is 2. The predicted molar refractivity (Wildman–Crippen MR) is 66.6 cm³/mol. The molecule has 0 saturated heterocycles. The van der Waals surface area contributed by atoms with E-state index < -0.39 is 0 Å². The molecule has 1 N–H and O–H groups in total. The summed E-state index contributed by atoms with van der Waals surface area (Å²) in [5, 5.41) is 9.42. The van der Waals surface area contributed by atoms with E-state index in [9.17, 15) is 5.11 Å². The van der Waals surface area contributed by atoms with E-state index in [0.29, 0.717) is 0 Å². The summed E-state index contributed by atoms with van der Waals surface area (Å²) in [6, 6.07) is 3.36. The first kappa shape index (κ1) is 11.4. The molecule has 1 aromatic rings. The van der Waals surface area contributed by atoms with Gasteiger partial charge in [0.05, 0.1) is 0 Å². The number of rotatable bonds is 3. The Hall–Kier alpha value is -0.670. The summed E-state index contributed by atoms with van der Waals surface area (Å²) in [7, 11) is 0. The van der Waals surface area contributed by atoms with Gasteiger partial charge in [-0.15, -0.1) is 0 Å². The number of thioether (sulfide) groups is 1. The molecule has 14 heavy (non-hydrogen) atoms. The van der Waals surface area contributed by atoms with E-state index in [1.807, 2.05) is 6.92 Å². The van der Waals surface area contributed by atoms with Crippen LogP contribution >= 0.6 is 27.7 Å². The van der Waals surface area contributed by atoms with Crippen LogP contribution in [0.1, 0.15) is 12.5 Å². The van der Waals surface area contributed by atoms with Crippen molar-refractivity contribution in [2.24, 2.45) is 0 Å². The fourth-order valence-corrected chi connectivity index (χ4v) is 2.65. The van der Waals surface area contributed by atoms with Gasteiger partial charge in [-0.2, -0.15) is 0 Å². The Bertz CT molecular complexity index is 385. The maximum absolute atomic E-state index is 9.42. The molecule has 0 radical (unpaired) electrons. The third kappa shape index (κ3) is 2.66. The summed E-state index contributed by atoms with van der Waals surface area (Å²) in [6.45, 7) is 9.48. The van der Waals surface area contributed by atoms with Gasteiger partial charge in [0.25, 0.3) is 0 Å². The van der Waals surface area contributed by atoms with Crippen LogP contribution < -0.4 is 0 Å². The van der Waals surface area contributed by atoms with Crippen molar-refractivity contribution in [3.05, 3.63) is 40.2 Å². The van der Waals surface area contributed by atoms with Gasteiger partial charge in [0.2, 0.25) is 0 Å². The number of allylic oxidation sites excluding steroid dienone is 1. The molecule has 74 valence electrons. The van der Waals surface area contributed by atoms with Gasteiger partial charge in [-0.1, -0.05) is 31.0 Å². The van der Waals surface area contributed by atoms with Crippen LogP contribution in [0.5, 0.6) is 5.75 Å². The Kier molecular flexibility index (Phi) is 3.84. The zero-order chi connectivity index (χ0) is 10.7. The van der Waals surface area contributed by atoms with Gasteiger partial charge in [-0.3, -0.25) is 0 Å². The second-order valence-corrected chi connectivity index (χ2v) is 5.04. The molecule has 0 bridgehead atoms. The third-order valence-corrected chi connectivity index (χ3v) is 3.13. The van der Waals surface area contributed by atoms with Crippen LogP contribution in [0.25, 0.3) is 6.08 Å². The molecule has 1 rings (SSSR count). The molecule has 3 heteroatoms. The van der Waals surface area contributed by atoms with Crippen LogP contribution in [-0.4, -0.2) is 5.11 Å². The molecule has 0 heterocycles. The number of halogens is 1. The second-order valence-electron chi connectivity index (χ2n) is 2.85. The van der Waals surface area contributed by atoms with Crippen LogP contribution in [0.2, 0.25) is 0 Å². The van der Waals surface area contributed by atoms with Gasteiger partial charge < -0.3 is 5.11 Å². The van der Waals surface area contributed by atoms with E-state index >= 15 is 0 Å². The molecule has 0 aliphatic rings. The Morgan fingerprint density at radius 2 is 2.21 bits per heavy atom. The lowest BCUT2D eigenvalue weighted by molar-refractivity contribution is 0.473. The van der Waals surface area contributed by atoms with Crippen molar-refractivity contribution in [2.45, 2.75) is 11.8 Å². The largest absolute Gasteiger partial charge is 0.508 e. The fourth-order valence-electron chi connectivity index (χ4n) is 1.05. The van der Waals surface area contributed by atoms with Gasteiger partial charge in [-0.25, -0.2) is 0 Å². The van der Waals surface area contributed by atoms with Crippen LogP contribution in [-0.2, 0) is 0 Å². The van der Waals surface area contributed by atoms with E-state index in [-0.39, 0.29) is 5.75 Å². The molecule has 1 aromatic carbocycles. The number of phenolic OH excluding ortho intramolecular Hbond substituents is 1. The third-order valence-electron chi connectivity index (χ3n) is 1.56. The van der Waals surface area contributed by atoms with Crippen molar-refractivity contribution in [1.82, 2.24) is 0 Å². The molecule has 0 aliphatic carbocycles. The maximum Gasteiger partial charge on any atom is 0.117 e. The average Bonchev–Trinajstić information content (AvgIpc) is 2.01. The highest BCUT2D eigenvalue weighted by Gasteiger charge is 2.06. The highest BCUT2D eigenvalue weighted by molar-refractivity contribution is 9.10. The van der Waals surface area contributed by atoms with E-state index in [4.69, 9.17) is 0 Å². The first-order valence-electron chi connectivity index (χ1n) is 4.03. The van der Waals surface area contributed by atoms with E-state index in [0.717, 1.165) is 19.8 Å². The minimum Gasteiger partial charge on any atom is -0.508 e. The smallest absolute Gasteiger partial charge is 0.117 e. The van der Waals surface area contributed by atoms with Crippen molar-refractivity contribution in [2.75, 3.05) is 0 Å². The van der Waals surface area contributed by atoms with Crippen molar-refractivity contribution in [3.63, 3.8) is 0 Å². The molecule has 0 aromatic heterocycles. The molecule has 0 fully saturated rings. The predicted octanol–water partition coefficient (Wildman–Crippen LogP) is 4.42. The first-order valence-corrected chi connectivity index (χ1v) is 5.64. The molecular formula is C11H11BrOS. The van der Waals surface area contributed by atoms with Crippen molar-refractivity contribution in [1.29, 1.82) is 0 Å². The molecule has 0 saturated carbocycles. The number of aromatic hydroxyl groups is 1. The minimum atomic E-state index is 0.242. The highest BCUT2D eigenvalue weighted by Crippen LogP contribution is 2.36. The molecule has 0 aliphatic heterocycles. The Morgan fingerprint density at radius 3 is 2.71 bits per heavy atom. The molecule has 0 amide bonds. The molecule has 1 nitrogen and oxygen atoms in total. The van der Waals surface area contributed by atoms with Gasteiger partial charge in [0.1, 0.15) is 5.75 Å². The van der Waals surface area contributed by atoms with Gasteiger partial charge >= 0.3 is 0 Å². The van der Waals surface area contributed by atoms with Gasteiger partial charge in [0.15, 0.2) is 0 Å².